The molecule has 0 spiro atoms. The second-order valence-electron chi connectivity index (χ2n) is 4.73. The fraction of sp³-hybridized carbons (Fsp3) is 0. The smallest absolute Gasteiger partial charge is 0.268 e. The molecule has 0 saturated carbocycles. The van der Waals surface area contributed by atoms with E-state index in [1.165, 1.54) is 16.7 Å². The van der Waals surface area contributed by atoms with Gasteiger partial charge in [-0.3, -0.25) is 9.69 Å². The molecule has 112 valence electrons. The maximum Gasteiger partial charge on any atom is 0.270 e. The molecule has 2 aromatic carbocycles. The molecule has 2 aromatic rings. The second kappa shape index (κ2) is 6.55. The number of thioether (sulfide) groups is 1. The molecule has 0 radical (unpaired) electrons. The van der Waals surface area contributed by atoms with Gasteiger partial charge >= 0.3 is 0 Å². The highest BCUT2D eigenvalue weighted by Gasteiger charge is 2.33. The molecule has 0 bridgehead atoms. The Balaban J connectivity index is 1.91. The first kappa shape index (κ1) is 15.8. The van der Waals surface area contributed by atoms with Crippen LogP contribution in [0.5, 0.6) is 0 Å². The lowest BCUT2D eigenvalue weighted by Gasteiger charge is -2.14. The lowest BCUT2D eigenvalue weighted by atomic mass is 10.1. The van der Waals surface area contributed by atoms with E-state index in [0.29, 0.717) is 25.5 Å². The van der Waals surface area contributed by atoms with Crippen LogP contribution in [0.3, 0.4) is 0 Å². The number of carbonyl (C=O) groups is 1. The molecule has 1 fully saturated rings. The van der Waals surface area contributed by atoms with Crippen molar-refractivity contribution in [3.8, 4) is 6.07 Å². The van der Waals surface area contributed by atoms with Crippen molar-refractivity contribution in [3.63, 3.8) is 0 Å². The molecular weight excluding hydrogens is 348 g/mol. The standard InChI is InChI=1S/C17H9ClN2OS2/c18-13-2-1-3-14(9-13)20-16(21)15(23-17(20)22)8-11-4-6-12(10-19)7-5-11/h1-9H. The van der Waals surface area contributed by atoms with Gasteiger partial charge in [0.1, 0.15) is 0 Å². The largest absolute Gasteiger partial charge is 0.270 e. The monoisotopic (exact) mass is 356 g/mol. The minimum atomic E-state index is -0.174. The lowest BCUT2D eigenvalue weighted by Crippen LogP contribution is -2.27. The molecular formula is C17H9ClN2OS2. The number of benzene rings is 2. The number of hydrogen-bond donors (Lipinski definition) is 0. The minimum absolute atomic E-state index is 0.174. The Bertz CT molecular complexity index is 869. The molecule has 0 unspecified atom stereocenters. The van der Waals surface area contributed by atoms with Crippen LogP contribution in [0.15, 0.2) is 53.4 Å². The first-order valence-corrected chi connectivity index (χ1v) is 8.22. The molecule has 23 heavy (non-hydrogen) atoms. The number of carbonyl (C=O) groups excluding carboxylic acids is 1. The second-order valence-corrected chi connectivity index (χ2v) is 6.84. The van der Waals surface area contributed by atoms with Gasteiger partial charge in [-0.2, -0.15) is 5.26 Å². The van der Waals surface area contributed by atoms with Crippen molar-refractivity contribution in [2.24, 2.45) is 0 Å². The zero-order valence-corrected chi connectivity index (χ0v) is 14.1. The van der Waals surface area contributed by atoms with Crippen molar-refractivity contribution in [1.29, 1.82) is 5.26 Å². The summed E-state index contributed by atoms with van der Waals surface area (Å²) in [6.45, 7) is 0. The van der Waals surface area contributed by atoms with Crippen LogP contribution < -0.4 is 4.90 Å². The van der Waals surface area contributed by atoms with Crippen molar-refractivity contribution >= 4 is 57.6 Å². The highest BCUT2D eigenvalue weighted by Crippen LogP contribution is 2.36. The molecule has 6 heteroatoms. The summed E-state index contributed by atoms with van der Waals surface area (Å²) in [5.41, 5.74) is 2.08. The first-order valence-electron chi connectivity index (χ1n) is 6.62. The Morgan fingerprint density at radius 1 is 1.22 bits per heavy atom. The van der Waals surface area contributed by atoms with Gasteiger partial charge in [0.05, 0.1) is 22.2 Å². The van der Waals surface area contributed by atoms with E-state index in [1.807, 2.05) is 0 Å². The molecule has 1 amide bonds. The topological polar surface area (TPSA) is 44.1 Å². The highest BCUT2D eigenvalue weighted by atomic mass is 35.5. The molecule has 3 rings (SSSR count). The van der Waals surface area contributed by atoms with E-state index in [0.717, 1.165) is 5.56 Å². The molecule has 1 aliphatic heterocycles. The molecule has 1 heterocycles. The number of halogens is 1. The van der Waals surface area contributed by atoms with Crippen molar-refractivity contribution in [1.82, 2.24) is 0 Å². The minimum Gasteiger partial charge on any atom is -0.268 e. The van der Waals surface area contributed by atoms with E-state index in [2.05, 4.69) is 6.07 Å². The molecule has 0 N–H and O–H groups in total. The molecule has 3 nitrogen and oxygen atoms in total. The summed E-state index contributed by atoms with van der Waals surface area (Å²) in [5.74, 6) is -0.174. The zero-order valence-electron chi connectivity index (χ0n) is 11.7. The van der Waals surface area contributed by atoms with E-state index < -0.39 is 0 Å². The summed E-state index contributed by atoms with van der Waals surface area (Å²) in [4.78, 5) is 14.6. The van der Waals surface area contributed by atoms with E-state index in [-0.39, 0.29) is 5.91 Å². The number of nitriles is 1. The summed E-state index contributed by atoms with van der Waals surface area (Å²) in [5, 5.41) is 9.36. The van der Waals surface area contributed by atoms with Crippen LogP contribution in [0.1, 0.15) is 11.1 Å². The summed E-state index contributed by atoms with van der Waals surface area (Å²) < 4.78 is 0.470. The first-order chi connectivity index (χ1) is 11.1. The maximum absolute atomic E-state index is 12.6. The number of amides is 1. The molecule has 1 saturated heterocycles. The zero-order chi connectivity index (χ0) is 16.4. The highest BCUT2D eigenvalue weighted by molar-refractivity contribution is 8.27. The molecule has 0 atom stereocenters. The van der Waals surface area contributed by atoms with E-state index in [4.69, 9.17) is 29.1 Å². The van der Waals surface area contributed by atoms with Crippen LogP contribution in [0.25, 0.3) is 6.08 Å². The van der Waals surface area contributed by atoms with Gasteiger partial charge in [0, 0.05) is 5.02 Å². The van der Waals surface area contributed by atoms with Crippen LogP contribution in [0, 0.1) is 11.3 Å². The fourth-order valence-electron chi connectivity index (χ4n) is 2.11. The number of nitrogens with zero attached hydrogens (tertiary/aromatic N) is 2. The predicted octanol–water partition coefficient (Wildman–Crippen LogP) is 4.62. The lowest BCUT2D eigenvalue weighted by molar-refractivity contribution is -0.113. The van der Waals surface area contributed by atoms with Gasteiger partial charge in [0.2, 0.25) is 0 Å². The Morgan fingerprint density at radius 2 is 1.96 bits per heavy atom. The fourth-order valence-corrected chi connectivity index (χ4v) is 3.59. The molecule has 0 aliphatic carbocycles. The van der Waals surface area contributed by atoms with Gasteiger partial charge in [0.25, 0.3) is 5.91 Å². The average Bonchev–Trinajstić information content (AvgIpc) is 2.82. The van der Waals surface area contributed by atoms with Crippen molar-refractivity contribution in [2.75, 3.05) is 4.90 Å². The molecule has 0 aromatic heterocycles. The van der Waals surface area contributed by atoms with Crippen LogP contribution >= 0.6 is 35.6 Å². The maximum atomic E-state index is 12.6. The summed E-state index contributed by atoms with van der Waals surface area (Å²) in [6.07, 6.45) is 1.77. The van der Waals surface area contributed by atoms with Crippen LogP contribution in [-0.2, 0) is 4.79 Å². The van der Waals surface area contributed by atoms with Gasteiger partial charge in [-0.1, -0.05) is 53.8 Å². The van der Waals surface area contributed by atoms with Crippen LogP contribution in [0.2, 0.25) is 5.02 Å². The van der Waals surface area contributed by atoms with Gasteiger partial charge in [-0.05, 0) is 42.0 Å². The van der Waals surface area contributed by atoms with Gasteiger partial charge < -0.3 is 0 Å². The van der Waals surface area contributed by atoms with Gasteiger partial charge in [-0.25, -0.2) is 0 Å². The number of anilines is 1. The summed E-state index contributed by atoms with van der Waals surface area (Å²) >= 11 is 12.5. The predicted molar refractivity (Wildman–Crippen MR) is 98.3 cm³/mol. The van der Waals surface area contributed by atoms with Crippen LogP contribution in [-0.4, -0.2) is 10.2 Å². The summed E-state index contributed by atoms with van der Waals surface area (Å²) in [7, 11) is 0. The number of rotatable bonds is 2. The van der Waals surface area contributed by atoms with Crippen molar-refractivity contribution in [2.45, 2.75) is 0 Å². The quantitative estimate of drug-likeness (QED) is 0.582. The third-order valence-corrected chi connectivity index (χ3v) is 4.73. The Morgan fingerprint density at radius 3 is 2.61 bits per heavy atom. The SMILES string of the molecule is N#Cc1ccc(C=C2SC(=S)N(c3cccc(Cl)c3)C2=O)cc1. The van der Waals surface area contributed by atoms with Crippen molar-refractivity contribution < 1.29 is 4.79 Å². The molecule has 1 aliphatic rings. The van der Waals surface area contributed by atoms with Crippen molar-refractivity contribution in [3.05, 3.63) is 69.6 Å². The summed E-state index contributed by atoms with van der Waals surface area (Å²) in [6, 6.07) is 16.1. The average molecular weight is 357 g/mol. The Hall–Kier alpha value is -2.13. The number of hydrogen-bond acceptors (Lipinski definition) is 4. The Kier molecular flexibility index (Phi) is 4.49. The van der Waals surface area contributed by atoms with E-state index >= 15 is 0 Å². The van der Waals surface area contributed by atoms with Crippen LogP contribution in [0.4, 0.5) is 5.69 Å². The Labute approximate surface area is 148 Å². The van der Waals surface area contributed by atoms with E-state index in [1.54, 1.807) is 54.6 Å². The van der Waals surface area contributed by atoms with E-state index in [9.17, 15) is 4.79 Å². The van der Waals surface area contributed by atoms with Gasteiger partial charge in [-0.15, -0.1) is 0 Å². The van der Waals surface area contributed by atoms with Gasteiger partial charge in [0.15, 0.2) is 4.32 Å². The normalized spacial score (nSPS) is 16.0. The number of thiocarbonyl (C=S) groups is 1. The third kappa shape index (κ3) is 3.30. The third-order valence-electron chi connectivity index (χ3n) is 3.20.